The minimum absolute atomic E-state index is 0.0797. The van der Waals surface area contributed by atoms with Crippen LogP contribution in [0.5, 0.6) is 0 Å². The van der Waals surface area contributed by atoms with Crippen molar-refractivity contribution in [3.8, 4) is 0 Å². The number of halogens is 1. The van der Waals surface area contributed by atoms with E-state index in [2.05, 4.69) is 15.9 Å². The zero-order chi connectivity index (χ0) is 17.9. The van der Waals surface area contributed by atoms with Gasteiger partial charge in [0.1, 0.15) is 6.04 Å². The van der Waals surface area contributed by atoms with Crippen LogP contribution in [-0.4, -0.2) is 36.9 Å². The maximum Gasteiger partial charge on any atom is 0.322 e. The molecule has 7 heteroatoms. The van der Waals surface area contributed by atoms with Crippen molar-refractivity contribution in [2.24, 2.45) is 0 Å². The molecule has 1 atom stereocenters. The van der Waals surface area contributed by atoms with Gasteiger partial charge in [0, 0.05) is 11.5 Å². The van der Waals surface area contributed by atoms with Gasteiger partial charge in [0.25, 0.3) is 0 Å². The molecule has 0 aliphatic heterocycles. The number of benzene rings is 2. The van der Waals surface area contributed by atoms with E-state index in [1.165, 1.54) is 19.2 Å². The number of aliphatic carboxylic acids is 1. The van der Waals surface area contributed by atoms with Gasteiger partial charge in [-0.2, -0.15) is 4.31 Å². The van der Waals surface area contributed by atoms with Crippen molar-refractivity contribution in [2.45, 2.75) is 24.3 Å². The summed E-state index contributed by atoms with van der Waals surface area (Å²) < 4.78 is 27.1. The predicted molar refractivity (Wildman–Crippen MR) is 95.4 cm³/mol. The number of carbonyl (C=O) groups is 1. The summed E-state index contributed by atoms with van der Waals surface area (Å²) in [6.45, 7) is 1.85. The van der Waals surface area contributed by atoms with Crippen molar-refractivity contribution >= 4 is 31.9 Å². The van der Waals surface area contributed by atoms with Gasteiger partial charge in [-0.05, 0) is 43.2 Å². The van der Waals surface area contributed by atoms with E-state index >= 15 is 0 Å². The second-order valence-corrected chi connectivity index (χ2v) is 8.44. The number of hydrogen-bond acceptors (Lipinski definition) is 3. The fourth-order valence-corrected chi connectivity index (χ4v) is 4.06. The quantitative estimate of drug-likeness (QED) is 0.792. The summed E-state index contributed by atoms with van der Waals surface area (Å²) in [5.41, 5.74) is 1.67. The van der Waals surface area contributed by atoms with Gasteiger partial charge in [0.15, 0.2) is 0 Å². The third kappa shape index (κ3) is 4.23. The van der Waals surface area contributed by atoms with Crippen LogP contribution < -0.4 is 0 Å². The Morgan fingerprint density at radius 3 is 2.38 bits per heavy atom. The molecule has 0 fully saturated rings. The van der Waals surface area contributed by atoms with Crippen LogP contribution in [0, 0.1) is 6.92 Å². The van der Waals surface area contributed by atoms with E-state index in [1.807, 2.05) is 13.0 Å². The molecule has 5 nitrogen and oxygen atoms in total. The lowest BCUT2D eigenvalue weighted by atomic mass is 10.1. The predicted octanol–water partition coefficient (Wildman–Crippen LogP) is 3.07. The molecule has 2 aromatic rings. The monoisotopic (exact) mass is 411 g/mol. The van der Waals surface area contributed by atoms with Crippen LogP contribution in [0.3, 0.4) is 0 Å². The van der Waals surface area contributed by atoms with E-state index in [0.29, 0.717) is 0 Å². The standard InChI is InChI=1S/C17H18BrNO4S/c1-12-6-8-15(9-7-12)24(22,23)19(2)16(17(20)21)11-13-4-3-5-14(18)10-13/h3-10,16H,11H2,1-2H3,(H,20,21)/t16-/m1/s1. The highest BCUT2D eigenvalue weighted by Gasteiger charge is 2.32. The number of hydrogen-bond donors (Lipinski definition) is 1. The molecule has 0 bridgehead atoms. The van der Waals surface area contributed by atoms with Gasteiger partial charge in [0.2, 0.25) is 10.0 Å². The molecule has 0 heterocycles. The zero-order valence-corrected chi connectivity index (χ0v) is 15.7. The first kappa shape index (κ1) is 18.6. The van der Waals surface area contributed by atoms with Crippen molar-refractivity contribution in [2.75, 3.05) is 7.05 Å². The minimum atomic E-state index is -3.89. The van der Waals surface area contributed by atoms with E-state index in [0.717, 1.165) is 19.9 Å². The Balaban J connectivity index is 2.33. The van der Waals surface area contributed by atoms with Gasteiger partial charge in [-0.15, -0.1) is 0 Å². The summed E-state index contributed by atoms with van der Waals surface area (Å²) >= 11 is 3.33. The lowest BCUT2D eigenvalue weighted by molar-refractivity contribution is -0.141. The van der Waals surface area contributed by atoms with E-state index in [-0.39, 0.29) is 11.3 Å². The molecule has 0 amide bonds. The Kier molecular flexibility index (Phi) is 5.79. The average molecular weight is 412 g/mol. The van der Waals surface area contributed by atoms with Gasteiger partial charge < -0.3 is 5.11 Å². The fraction of sp³-hybridized carbons (Fsp3) is 0.235. The third-order valence-electron chi connectivity index (χ3n) is 3.74. The molecule has 0 saturated heterocycles. The van der Waals surface area contributed by atoms with Crippen LogP contribution in [0.25, 0.3) is 0 Å². The summed E-state index contributed by atoms with van der Waals surface area (Å²) in [6, 6.07) is 12.3. The lowest BCUT2D eigenvalue weighted by Gasteiger charge is -2.24. The maximum atomic E-state index is 12.7. The Morgan fingerprint density at radius 2 is 1.83 bits per heavy atom. The smallest absolute Gasteiger partial charge is 0.322 e. The van der Waals surface area contributed by atoms with E-state index in [4.69, 9.17) is 0 Å². The van der Waals surface area contributed by atoms with Crippen LogP contribution >= 0.6 is 15.9 Å². The summed E-state index contributed by atoms with van der Waals surface area (Å²) in [6.07, 6.45) is 0.0797. The average Bonchev–Trinajstić information content (AvgIpc) is 2.52. The molecule has 0 aliphatic carbocycles. The second kappa shape index (κ2) is 7.46. The zero-order valence-electron chi connectivity index (χ0n) is 13.3. The van der Waals surface area contributed by atoms with Gasteiger partial charge in [-0.3, -0.25) is 4.79 Å². The largest absolute Gasteiger partial charge is 0.480 e. The van der Waals surface area contributed by atoms with E-state index < -0.39 is 22.0 Å². The molecule has 0 saturated carbocycles. The number of likely N-dealkylation sites (N-methyl/N-ethyl adjacent to an activating group) is 1. The van der Waals surface area contributed by atoms with Crippen molar-refractivity contribution in [3.63, 3.8) is 0 Å². The molecule has 24 heavy (non-hydrogen) atoms. The molecule has 0 aromatic heterocycles. The molecule has 0 radical (unpaired) electrons. The SMILES string of the molecule is Cc1ccc(S(=O)(=O)N(C)[C@H](Cc2cccc(Br)c2)C(=O)O)cc1. The number of nitrogens with zero attached hydrogens (tertiary/aromatic N) is 1. The fourth-order valence-electron chi connectivity index (χ4n) is 2.30. The number of rotatable bonds is 6. The molecular formula is C17H18BrNO4S. The summed E-state index contributed by atoms with van der Waals surface area (Å²) in [7, 11) is -2.59. The first-order valence-corrected chi connectivity index (χ1v) is 9.47. The molecule has 2 rings (SSSR count). The van der Waals surface area contributed by atoms with Gasteiger partial charge in [-0.25, -0.2) is 8.42 Å². The van der Waals surface area contributed by atoms with E-state index in [9.17, 15) is 18.3 Å². The normalized spacial score (nSPS) is 13.0. The van der Waals surface area contributed by atoms with Crippen molar-refractivity contribution in [1.82, 2.24) is 4.31 Å². The van der Waals surface area contributed by atoms with Gasteiger partial charge >= 0.3 is 5.97 Å². The maximum absolute atomic E-state index is 12.7. The first-order valence-electron chi connectivity index (χ1n) is 7.24. The molecular weight excluding hydrogens is 394 g/mol. The first-order chi connectivity index (χ1) is 11.2. The van der Waals surface area contributed by atoms with Crippen LogP contribution in [0.2, 0.25) is 0 Å². The number of aryl methyl sites for hydroxylation is 1. The lowest BCUT2D eigenvalue weighted by Crippen LogP contribution is -2.43. The number of carboxylic acid groups (broad SMARTS) is 1. The number of sulfonamides is 1. The van der Waals surface area contributed by atoms with Crippen molar-refractivity contribution in [1.29, 1.82) is 0 Å². The van der Waals surface area contributed by atoms with Crippen LogP contribution in [0.4, 0.5) is 0 Å². The third-order valence-corrected chi connectivity index (χ3v) is 6.11. The highest BCUT2D eigenvalue weighted by atomic mass is 79.9. The highest BCUT2D eigenvalue weighted by molar-refractivity contribution is 9.10. The Labute approximate surface area is 150 Å². The summed E-state index contributed by atoms with van der Waals surface area (Å²) in [5.74, 6) is -1.19. The molecule has 2 aromatic carbocycles. The summed E-state index contributed by atoms with van der Waals surface area (Å²) in [5, 5.41) is 9.51. The van der Waals surface area contributed by atoms with Crippen molar-refractivity contribution in [3.05, 3.63) is 64.1 Å². The highest BCUT2D eigenvalue weighted by Crippen LogP contribution is 2.21. The molecule has 0 spiro atoms. The Morgan fingerprint density at radius 1 is 1.21 bits per heavy atom. The van der Waals surface area contributed by atoms with Crippen LogP contribution in [-0.2, 0) is 21.2 Å². The van der Waals surface area contributed by atoms with Crippen molar-refractivity contribution < 1.29 is 18.3 Å². The van der Waals surface area contributed by atoms with Crippen LogP contribution in [0.1, 0.15) is 11.1 Å². The number of carboxylic acids is 1. The van der Waals surface area contributed by atoms with Gasteiger partial charge in [0.05, 0.1) is 4.90 Å². The minimum Gasteiger partial charge on any atom is -0.480 e. The Bertz CT molecular complexity index is 834. The molecule has 0 unspecified atom stereocenters. The molecule has 128 valence electrons. The second-order valence-electron chi connectivity index (χ2n) is 5.52. The Hall–Kier alpha value is -1.70. The summed E-state index contributed by atoms with van der Waals surface area (Å²) in [4.78, 5) is 11.7. The van der Waals surface area contributed by atoms with E-state index in [1.54, 1.807) is 30.3 Å². The van der Waals surface area contributed by atoms with Gasteiger partial charge in [-0.1, -0.05) is 45.8 Å². The molecule has 0 aliphatic rings. The topological polar surface area (TPSA) is 74.7 Å². The molecule has 1 N–H and O–H groups in total. The van der Waals surface area contributed by atoms with Crippen LogP contribution in [0.15, 0.2) is 57.9 Å².